The zero-order valence-corrected chi connectivity index (χ0v) is 23.2. The van der Waals surface area contributed by atoms with Crippen LogP contribution in [0.2, 0.25) is 0 Å². The highest BCUT2D eigenvalue weighted by molar-refractivity contribution is 5.85. The lowest BCUT2D eigenvalue weighted by Gasteiger charge is -2.29. The summed E-state index contributed by atoms with van der Waals surface area (Å²) < 4.78 is 6.15. The van der Waals surface area contributed by atoms with Gasteiger partial charge >= 0.3 is 12.0 Å². The number of amides is 2. The number of nitrogens with one attached hydrogen (secondary N) is 1. The fraction of sp³-hybridized carbons (Fsp3) is 0.548. The molecule has 200 valence electrons. The lowest BCUT2D eigenvalue weighted by atomic mass is 9.83. The maximum absolute atomic E-state index is 13.2. The molecule has 0 saturated heterocycles. The van der Waals surface area contributed by atoms with Crippen LogP contribution in [-0.4, -0.2) is 34.2 Å². The van der Waals surface area contributed by atoms with Crippen molar-refractivity contribution in [2.75, 3.05) is 6.54 Å². The molecule has 37 heavy (non-hydrogen) atoms. The fourth-order valence-corrected chi connectivity index (χ4v) is 5.91. The average molecular weight is 507 g/mol. The molecule has 0 spiro atoms. The second kappa shape index (κ2) is 10.9. The number of carboxylic acid groups (broad SMARTS) is 1. The van der Waals surface area contributed by atoms with Crippen LogP contribution < -0.4 is 5.32 Å². The number of carbonyl (C=O) groups excluding carboxylic acids is 1. The average Bonchev–Trinajstić information content (AvgIpc) is 3.30. The van der Waals surface area contributed by atoms with E-state index in [9.17, 15) is 14.7 Å². The first-order valence-electron chi connectivity index (χ1n) is 13.6. The number of ether oxygens (including phenoxy) is 1. The predicted octanol–water partition coefficient (Wildman–Crippen LogP) is 6.83. The van der Waals surface area contributed by atoms with Gasteiger partial charge in [-0.2, -0.15) is 0 Å². The number of rotatable bonds is 6. The summed E-state index contributed by atoms with van der Waals surface area (Å²) in [5.74, 6) is -0.442. The molecule has 6 nitrogen and oxygen atoms in total. The Bertz CT molecular complexity index is 1160. The summed E-state index contributed by atoms with van der Waals surface area (Å²) in [5.41, 5.74) is 7.13. The monoisotopic (exact) mass is 506 g/mol. The molecule has 4 rings (SSSR count). The van der Waals surface area contributed by atoms with E-state index in [0.717, 1.165) is 45.5 Å². The number of nitrogens with zero attached hydrogens (tertiary/aromatic N) is 1. The molecule has 0 bridgehead atoms. The molecule has 2 N–H and O–H groups in total. The molecule has 1 saturated carbocycles. The molecule has 6 heteroatoms. The largest absolute Gasteiger partial charge is 0.479 e. The zero-order valence-electron chi connectivity index (χ0n) is 23.2. The van der Waals surface area contributed by atoms with E-state index in [-0.39, 0.29) is 6.03 Å². The molecule has 0 aromatic heterocycles. The Labute approximate surface area is 221 Å². The first-order chi connectivity index (χ1) is 17.5. The van der Waals surface area contributed by atoms with E-state index >= 15 is 0 Å². The molecule has 2 amide bonds. The number of hydrogen-bond donors (Lipinski definition) is 2. The zero-order chi connectivity index (χ0) is 26.9. The number of aliphatic carboxylic acids is 1. The van der Waals surface area contributed by atoms with Gasteiger partial charge in [0.25, 0.3) is 0 Å². The Kier molecular flexibility index (Phi) is 7.98. The van der Waals surface area contributed by atoms with Gasteiger partial charge in [-0.05, 0) is 93.7 Å². The van der Waals surface area contributed by atoms with Crippen LogP contribution in [0.15, 0.2) is 24.3 Å². The van der Waals surface area contributed by atoms with Gasteiger partial charge in [-0.3, -0.25) is 0 Å². The van der Waals surface area contributed by atoms with Crippen molar-refractivity contribution in [1.29, 1.82) is 0 Å². The Morgan fingerprint density at radius 3 is 2.16 bits per heavy atom. The second-order valence-corrected chi connectivity index (χ2v) is 11.9. The lowest BCUT2D eigenvalue weighted by molar-refractivity contribution is -0.160. The Balaban J connectivity index is 1.73. The Morgan fingerprint density at radius 1 is 1.00 bits per heavy atom. The SMILES string of the molecule is Cc1ccc(-c2c(C)c3c(c(C)c2[C@H](OC(C)(C)C)C(=O)O)CN(C(=O)NCC2CCCCC2)C3)cc1. The maximum atomic E-state index is 13.2. The van der Waals surface area contributed by atoms with E-state index in [4.69, 9.17) is 4.74 Å². The van der Waals surface area contributed by atoms with Crippen LogP contribution in [0.5, 0.6) is 0 Å². The van der Waals surface area contributed by atoms with E-state index in [1.165, 1.54) is 32.1 Å². The first kappa shape index (κ1) is 27.2. The highest BCUT2D eigenvalue weighted by atomic mass is 16.5. The summed E-state index contributed by atoms with van der Waals surface area (Å²) >= 11 is 0. The number of urea groups is 1. The summed E-state index contributed by atoms with van der Waals surface area (Å²) in [4.78, 5) is 27.6. The minimum Gasteiger partial charge on any atom is -0.479 e. The van der Waals surface area contributed by atoms with E-state index in [2.05, 4.69) is 12.2 Å². The first-order valence-corrected chi connectivity index (χ1v) is 13.6. The van der Waals surface area contributed by atoms with E-state index in [0.29, 0.717) is 24.6 Å². The molecule has 1 fully saturated rings. The van der Waals surface area contributed by atoms with E-state index in [1.807, 2.05) is 63.8 Å². The molecule has 2 aromatic carbocycles. The highest BCUT2D eigenvalue weighted by Crippen LogP contribution is 2.43. The van der Waals surface area contributed by atoms with E-state index < -0.39 is 17.7 Å². The molecule has 2 aliphatic rings. The Morgan fingerprint density at radius 2 is 1.59 bits per heavy atom. The number of aryl methyl sites for hydroxylation is 1. The molecule has 1 aliphatic carbocycles. The van der Waals surface area contributed by atoms with Crippen LogP contribution in [0, 0.1) is 26.7 Å². The van der Waals surface area contributed by atoms with Crippen molar-refractivity contribution in [1.82, 2.24) is 10.2 Å². The normalized spacial score (nSPS) is 17.0. The van der Waals surface area contributed by atoms with Crippen LogP contribution in [0.3, 0.4) is 0 Å². The van der Waals surface area contributed by atoms with Crippen LogP contribution in [-0.2, 0) is 22.6 Å². The van der Waals surface area contributed by atoms with Crippen molar-refractivity contribution >= 4 is 12.0 Å². The third-order valence-electron chi connectivity index (χ3n) is 7.87. The van der Waals surface area contributed by atoms with E-state index in [1.54, 1.807) is 0 Å². The fourth-order valence-electron chi connectivity index (χ4n) is 5.91. The molecule has 0 unspecified atom stereocenters. The van der Waals surface area contributed by atoms with Gasteiger partial charge in [-0.25, -0.2) is 9.59 Å². The molecule has 1 heterocycles. The topological polar surface area (TPSA) is 78.9 Å². The van der Waals surface area contributed by atoms with Crippen LogP contribution >= 0.6 is 0 Å². The van der Waals surface area contributed by atoms with Crippen molar-refractivity contribution in [3.8, 4) is 11.1 Å². The van der Waals surface area contributed by atoms with Gasteiger partial charge in [-0.15, -0.1) is 0 Å². The summed E-state index contributed by atoms with van der Waals surface area (Å²) in [5, 5.41) is 13.5. The van der Waals surface area contributed by atoms with Crippen molar-refractivity contribution in [3.63, 3.8) is 0 Å². The third kappa shape index (κ3) is 6.01. The maximum Gasteiger partial charge on any atom is 0.337 e. The number of fused-ring (bicyclic) bond motifs is 1. The van der Waals surface area contributed by atoms with Gasteiger partial charge in [0.15, 0.2) is 6.10 Å². The van der Waals surface area contributed by atoms with Gasteiger partial charge in [0.2, 0.25) is 0 Å². The molecule has 1 aliphatic heterocycles. The van der Waals surface area contributed by atoms with Gasteiger partial charge in [0, 0.05) is 25.2 Å². The van der Waals surface area contributed by atoms with Crippen molar-refractivity contribution in [3.05, 3.63) is 57.6 Å². The number of benzene rings is 2. The van der Waals surface area contributed by atoms with Crippen molar-refractivity contribution in [2.24, 2.45) is 5.92 Å². The van der Waals surface area contributed by atoms with Crippen LogP contribution in [0.1, 0.15) is 92.4 Å². The molecule has 0 radical (unpaired) electrons. The van der Waals surface area contributed by atoms with Gasteiger partial charge in [0.1, 0.15) is 0 Å². The van der Waals surface area contributed by atoms with Crippen molar-refractivity contribution < 1.29 is 19.4 Å². The molecule has 2 aromatic rings. The molecular weight excluding hydrogens is 464 g/mol. The number of carbonyl (C=O) groups is 2. The predicted molar refractivity (Wildman–Crippen MR) is 147 cm³/mol. The summed E-state index contributed by atoms with van der Waals surface area (Å²) in [6.07, 6.45) is 5.06. The summed E-state index contributed by atoms with van der Waals surface area (Å²) in [7, 11) is 0. The van der Waals surface area contributed by atoms with Gasteiger partial charge < -0.3 is 20.1 Å². The highest BCUT2D eigenvalue weighted by Gasteiger charge is 2.36. The standard InChI is InChI=1S/C31H42N2O4/c1-19-12-14-23(15-13-19)26-20(2)24-17-33(30(36)32-16-22-10-8-7-9-11-22)18-25(24)21(3)27(26)28(29(34)35)37-31(4,5)6/h12-15,22,28H,7-11,16-18H2,1-6H3,(H,32,36)(H,34,35)/t28-/m0/s1. The lowest BCUT2D eigenvalue weighted by Crippen LogP contribution is -2.39. The summed E-state index contributed by atoms with van der Waals surface area (Å²) in [6, 6.07) is 8.15. The van der Waals surface area contributed by atoms with Crippen LogP contribution in [0.25, 0.3) is 11.1 Å². The molecular formula is C31H42N2O4. The minimum atomic E-state index is -1.12. The Hall–Kier alpha value is -2.86. The minimum absolute atomic E-state index is 0.0419. The summed E-state index contributed by atoms with van der Waals surface area (Å²) in [6.45, 7) is 13.4. The smallest absolute Gasteiger partial charge is 0.337 e. The van der Waals surface area contributed by atoms with Gasteiger partial charge in [0.05, 0.1) is 5.60 Å². The third-order valence-corrected chi connectivity index (χ3v) is 7.87. The number of carboxylic acids is 1. The van der Waals surface area contributed by atoms with Crippen LogP contribution in [0.4, 0.5) is 4.79 Å². The quantitative estimate of drug-likeness (QED) is 0.450. The van der Waals surface area contributed by atoms with Gasteiger partial charge in [-0.1, -0.05) is 49.1 Å². The molecule has 1 atom stereocenters. The second-order valence-electron chi connectivity index (χ2n) is 11.9. The van der Waals surface area contributed by atoms with Crippen molar-refractivity contribution in [2.45, 2.75) is 98.4 Å². The number of hydrogen-bond acceptors (Lipinski definition) is 3.